The van der Waals surface area contributed by atoms with Crippen molar-refractivity contribution in [3.63, 3.8) is 0 Å². The van der Waals surface area contributed by atoms with Crippen LogP contribution in [0.2, 0.25) is 10.0 Å². The van der Waals surface area contributed by atoms with E-state index >= 15 is 0 Å². The van der Waals surface area contributed by atoms with Gasteiger partial charge in [0, 0.05) is 13.3 Å². The second kappa shape index (κ2) is 10.2. The van der Waals surface area contributed by atoms with E-state index in [1.807, 2.05) is 6.07 Å². The Hall–Kier alpha value is -3.14. The fraction of sp³-hybridized carbons (Fsp3) is 0.296. The molecule has 0 spiro atoms. The van der Waals surface area contributed by atoms with Crippen molar-refractivity contribution in [3.05, 3.63) is 81.6 Å². The van der Waals surface area contributed by atoms with Crippen LogP contribution in [0.3, 0.4) is 0 Å². The van der Waals surface area contributed by atoms with Gasteiger partial charge in [-0.3, -0.25) is 18.9 Å². The van der Waals surface area contributed by atoms with Crippen LogP contribution >= 0.6 is 23.2 Å². The molecule has 5 rings (SSSR count). The van der Waals surface area contributed by atoms with Crippen molar-refractivity contribution in [2.24, 2.45) is 5.92 Å². The van der Waals surface area contributed by atoms with Crippen LogP contribution in [0.15, 0.2) is 59.6 Å². The number of nitrogens with one attached hydrogen (secondary N) is 2. The van der Waals surface area contributed by atoms with Gasteiger partial charge in [0.15, 0.2) is 0 Å². The van der Waals surface area contributed by atoms with Gasteiger partial charge in [-0.05, 0) is 54.2 Å². The van der Waals surface area contributed by atoms with Gasteiger partial charge in [-0.15, -0.1) is 0 Å². The summed E-state index contributed by atoms with van der Waals surface area (Å²) >= 11 is 12.4. The lowest BCUT2D eigenvalue weighted by atomic mass is 10.0. The first-order valence-electron chi connectivity index (χ1n) is 12.2. The zero-order valence-corrected chi connectivity index (χ0v) is 23.1. The van der Waals surface area contributed by atoms with Crippen molar-refractivity contribution in [1.29, 1.82) is 0 Å². The number of carbonyl (C=O) groups excluding carboxylic acids is 2. The molecule has 1 aliphatic carbocycles. The number of rotatable bonds is 6. The molecule has 3 atom stereocenters. The van der Waals surface area contributed by atoms with Gasteiger partial charge in [0.05, 0.1) is 56.4 Å². The molecule has 1 saturated carbocycles. The molecule has 2 N–H and O–H groups in total. The van der Waals surface area contributed by atoms with E-state index in [2.05, 4.69) is 22.5 Å². The minimum Gasteiger partial charge on any atom is -0.351 e. The van der Waals surface area contributed by atoms with Gasteiger partial charge >= 0.3 is 0 Å². The quantitative estimate of drug-likeness (QED) is 0.431. The predicted molar refractivity (Wildman–Crippen MR) is 147 cm³/mol. The van der Waals surface area contributed by atoms with Gasteiger partial charge < -0.3 is 10.6 Å². The Bertz CT molecular complexity index is 1530. The number of aromatic nitrogens is 1. The van der Waals surface area contributed by atoms with Crippen molar-refractivity contribution < 1.29 is 18.0 Å². The van der Waals surface area contributed by atoms with Crippen molar-refractivity contribution in [3.8, 4) is 0 Å². The van der Waals surface area contributed by atoms with E-state index in [-0.39, 0.29) is 38.6 Å². The van der Waals surface area contributed by atoms with E-state index in [1.165, 1.54) is 17.4 Å². The van der Waals surface area contributed by atoms with Gasteiger partial charge in [-0.1, -0.05) is 48.3 Å². The summed E-state index contributed by atoms with van der Waals surface area (Å²) in [5.41, 5.74) is 2.20. The Kier molecular flexibility index (Phi) is 7.11. The van der Waals surface area contributed by atoms with Crippen molar-refractivity contribution in [2.45, 2.75) is 43.5 Å². The SMILES string of the molecule is CC(=O)NC1Cc2ncc(NC(=O)c3c(Cl)cccc3Cl)cc2N(S(=O)(=O)c2cccc(C3C[C@@H]3C)c2)C1. The van der Waals surface area contributed by atoms with Gasteiger partial charge in [0.2, 0.25) is 5.91 Å². The van der Waals surface area contributed by atoms with Gasteiger partial charge in [-0.25, -0.2) is 8.42 Å². The van der Waals surface area contributed by atoms with Crippen LogP contribution in [-0.2, 0) is 21.2 Å². The maximum atomic E-state index is 14.0. The van der Waals surface area contributed by atoms with E-state index in [0.29, 0.717) is 29.6 Å². The molecule has 0 saturated heterocycles. The molecule has 3 aromatic rings. The molecule has 1 aliphatic heterocycles. The summed E-state index contributed by atoms with van der Waals surface area (Å²) in [7, 11) is -4.01. The van der Waals surface area contributed by atoms with E-state index in [4.69, 9.17) is 23.2 Å². The molecule has 2 aliphatic rings. The van der Waals surface area contributed by atoms with E-state index < -0.39 is 22.0 Å². The van der Waals surface area contributed by atoms with Crippen LogP contribution < -0.4 is 14.9 Å². The maximum absolute atomic E-state index is 14.0. The number of fused-ring (bicyclic) bond motifs is 1. The molecule has 38 heavy (non-hydrogen) atoms. The third kappa shape index (κ3) is 5.23. The number of halogens is 2. The average Bonchev–Trinajstić information content (AvgIpc) is 3.60. The smallest absolute Gasteiger partial charge is 0.264 e. The molecule has 1 aromatic heterocycles. The molecule has 2 heterocycles. The molecule has 0 bridgehead atoms. The Morgan fingerprint density at radius 3 is 2.42 bits per heavy atom. The number of hydrogen-bond acceptors (Lipinski definition) is 5. The standard InChI is InChI=1S/C27H26Cl2N4O4S/c1-15-9-21(15)17-5-3-6-20(10-17)38(36,37)33-14-19(31-16(2)34)11-24-25(33)12-18(13-30-24)32-27(35)26-22(28)7-4-8-23(26)29/h3-8,10,12-13,15,19,21H,9,11,14H2,1-2H3,(H,31,34)(H,32,35)/t15-,19?,21?/m0/s1. The molecule has 1 fully saturated rings. The summed E-state index contributed by atoms with van der Waals surface area (Å²) in [6.45, 7) is 3.55. The lowest BCUT2D eigenvalue weighted by Gasteiger charge is -2.35. The third-order valence-corrected chi connectivity index (χ3v) is 9.29. The predicted octanol–water partition coefficient (Wildman–Crippen LogP) is 5.02. The van der Waals surface area contributed by atoms with Crippen LogP contribution in [-0.4, -0.2) is 37.8 Å². The van der Waals surface area contributed by atoms with Crippen molar-refractivity contribution >= 4 is 56.4 Å². The summed E-state index contributed by atoms with van der Waals surface area (Å²) < 4.78 is 29.2. The highest BCUT2D eigenvalue weighted by Gasteiger charge is 2.37. The molecule has 2 amide bonds. The van der Waals surface area contributed by atoms with Crippen LogP contribution in [0, 0.1) is 5.92 Å². The first kappa shape index (κ1) is 26.5. The molecule has 2 unspecified atom stereocenters. The van der Waals surface area contributed by atoms with Crippen LogP contribution in [0.5, 0.6) is 0 Å². The molecule has 198 valence electrons. The molecule has 2 aromatic carbocycles. The van der Waals surface area contributed by atoms with Crippen LogP contribution in [0.25, 0.3) is 0 Å². The first-order chi connectivity index (χ1) is 18.0. The number of hydrogen-bond donors (Lipinski definition) is 2. The Morgan fingerprint density at radius 1 is 1.08 bits per heavy atom. The summed E-state index contributed by atoms with van der Waals surface area (Å²) in [4.78, 5) is 29.4. The Labute approximate surface area is 231 Å². The molecule has 11 heteroatoms. The Balaban J connectivity index is 1.52. The number of benzene rings is 2. The van der Waals surface area contributed by atoms with Crippen molar-refractivity contribution in [2.75, 3.05) is 16.2 Å². The topological polar surface area (TPSA) is 108 Å². The van der Waals surface area contributed by atoms with E-state index in [1.54, 1.807) is 42.5 Å². The third-order valence-electron chi connectivity index (χ3n) is 6.88. The fourth-order valence-corrected chi connectivity index (χ4v) is 7.01. The van der Waals surface area contributed by atoms with Gasteiger partial charge in [0.1, 0.15) is 0 Å². The highest BCUT2D eigenvalue weighted by molar-refractivity contribution is 7.92. The van der Waals surface area contributed by atoms with Gasteiger partial charge in [0.25, 0.3) is 15.9 Å². The normalized spacial score (nSPS) is 20.4. The number of pyridine rings is 1. The minimum atomic E-state index is -4.01. The monoisotopic (exact) mass is 572 g/mol. The fourth-order valence-electron chi connectivity index (χ4n) is 4.86. The molecule has 8 nitrogen and oxygen atoms in total. The summed E-state index contributed by atoms with van der Waals surface area (Å²) in [6.07, 6.45) is 2.81. The summed E-state index contributed by atoms with van der Waals surface area (Å²) in [5, 5.41) is 5.92. The second-order valence-corrected chi connectivity index (χ2v) is 12.4. The lowest BCUT2D eigenvalue weighted by Crippen LogP contribution is -2.50. The number of carbonyl (C=O) groups is 2. The number of anilines is 2. The maximum Gasteiger partial charge on any atom is 0.264 e. The van der Waals surface area contributed by atoms with Crippen LogP contribution in [0.1, 0.15) is 47.8 Å². The number of sulfonamides is 1. The lowest BCUT2D eigenvalue weighted by molar-refractivity contribution is -0.119. The van der Waals surface area contributed by atoms with Crippen LogP contribution in [0.4, 0.5) is 11.4 Å². The summed E-state index contributed by atoms with van der Waals surface area (Å²) in [6, 6.07) is 12.9. The van der Waals surface area contributed by atoms with E-state index in [0.717, 1.165) is 12.0 Å². The average molecular weight is 574 g/mol. The first-order valence-corrected chi connectivity index (χ1v) is 14.4. The summed E-state index contributed by atoms with van der Waals surface area (Å²) in [5.74, 6) is 0.0665. The molecular weight excluding hydrogens is 547 g/mol. The van der Waals surface area contributed by atoms with Crippen molar-refractivity contribution in [1.82, 2.24) is 10.3 Å². The molecule has 0 radical (unpaired) electrons. The van der Waals surface area contributed by atoms with Gasteiger partial charge in [-0.2, -0.15) is 0 Å². The van der Waals surface area contributed by atoms with E-state index in [9.17, 15) is 18.0 Å². The zero-order chi connectivity index (χ0) is 27.2. The molecular formula is C27H26Cl2N4O4S. The zero-order valence-electron chi connectivity index (χ0n) is 20.7. The highest BCUT2D eigenvalue weighted by Crippen LogP contribution is 2.47. The second-order valence-electron chi connectivity index (χ2n) is 9.77. The highest BCUT2D eigenvalue weighted by atomic mass is 35.5. The minimum absolute atomic E-state index is 0.0222. The number of amides is 2. The largest absolute Gasteiger partial charge is 0.351 e. The number of nitrogens with zero attached hydrogens (tertiary/aromatic N) is 2. The Morgan fingerprint density at radius 2 is 1.76 bits per heavy atom.